The predicted octanol–water partition coefficient (Wildman–Crippen LogP) is 1.77. The first-order valence-corrected chi connectivity index (χ1v) is 8.83. The average Bonchev–Trinajstić information content (AvgIpc) is 2.91. The molecule has 0 bridgehead atoms. The van der Waals surface area contributed by atoms with Gasteiger partial charge in [0.15, 0.2) is 4.34 Å². The minimum atomic E-state index is -0.607. The highest BCUT2D eigenvalue weighted by atomic mass is 32.2. The number of rotatable bonds is 9. The van der Waals surface area contributed by atoms with Gasteiger partial charge in [-0.1, -0.05) is 36.9 Å². The number of hydrogen-bond acceptors (Lipinski definition) is 8. The Morgan fingerprint density at radius 1 is 1.36 bits per heavy atom. The van der Waals surface area contributed by atoms with Crippen LogP contribution in [-0.4, -0.2) is 47.5 Å². The van der Waals surface area contributed by atoms with Gasteiger partial charge in [0.1, 0.15) is 6.04 Å². The van der Waals surface area contributed by atoms with Crippen molar-refractivity contribution in [3.63, 3.8) is 0 Å². The van der Waals surface area contributed by atoms with Crippen molar-refractivity contribution in [3.8, 4) is 0 Å². The number of esters is 1. The van der Waals surface area contributed by atoms with E-state index in [0.29, 0.717) is 10.8 Å². The van der Waals surface area contributed by atoms with Crippen molar-refractivity contribution < 1.29 is 14.3 Å². The van der Waals surface area contributed by atoms with Crippen molar-refractivity contribution in [2.45, 2.75) is 37.6 Å². The number of hydrogen-bond donors (Lipinski definition) is 2. The summed E-state index contributed by atoms with van der Waals surface area (Å²) in [5, 5.41) is 14.4. The monoisotopic (exact) mass is 346 g/mol. The summed E-state index contributed by atoms with van der Waals surface area (Å²) in [7, 11) is 1.32. The fourth-order valence-corrected chi connectivity index (χ4v) is 3.31. The summed E-state index contributed by atoms with van der Waals surface area (Å²) in [4.78, 5) is 23.6. The SMILES string of the molecule is CCNc1nnc(SCC(=O)N[C@@H](CC(C)C)C(=O)OC)s1. The molecular formula is C13H22N4O3S2. The lowest BCUT2D eigenvalue weighted by Crippen LogP contribution is -2.43. The van der Waals surface area contributed by atoms with Crippen LogP contribution in [0.1, 0.15) is 27.2 Å². The molecule has 0 radical (unpaired) electrons. The summed E-state index contributed by atoms with van der Waals surface area (Å²) in [5.41, 5.74) is 0. The van der Waals surface area contributed by atoms with E-state index >= 15 is 0 Å². The number of nitrogens with zero attached hydrogens (tertiary/aromatic N) is 2. The Morgan fingerprint density at radius 2 is 2.09 bits per heavy atom. The molecule has 0 saturated heterocycles. The minimum absolute atomic E-state index is 0.187. The second-order valence-electron chi connectivity index (χ2n) is 4.96. The number of aromatic nitrogens is 2. The Kier molecular flexibility index (Phi) is 8.18. The lowest BCUT2D eigenvalue weighted by Gasteiger charge is -2.17. The highest BCUT2D eigenvalue weighted by Gasteiger charge is 2.22. The van der Waals surface area contributed by atoms with E-state index in [9.17, 15) is 9.59 Å². The molecule has 1 aromatic heterocycles. The fraction of sp³-hybridized carbons (Fsp3) is 0.692. The smallest absolute Gasteiger partial charge is 0.328 e. The summed E-state index contributed by atoms with van der Waals surface area (Å²) < 4.78 is 5.43. The second kappa shape index (κ2) is 9.62. The Balaban J connectivity index is 2.46. The molecule has 1 amide bonds. The molecule has 1 aromatic rings. The van der Waals surface area contributed by atoms with Gasteiger partial charge in [-0.2, -0.15) is 0 Å². The molecule has 22 heavy (non-hydrogen) atoms. The average molecular weight is 346 g/mol. The van der Waals surface area contributed by atoms with E-state index in [-0.39, 0.29) is 17.6 Å². The van der Waals surface area contributed by atoms with Crippen molar-refractivity contribution in [2.24, 2.45) is 5.92 Å². The molecule has 0 spiro atoms. The van der Waals surface area contributed by atoms with Crippen LogP contribution in [0.4, 0.5) is 5.13 Å². The zero-order valence-electron chi connectivity index (χ0n) is 13.2. The molecule has 0 fully saturated rings. The fourth-order valence-electron chi connectivity index (χ4n) is 1.68. The summed E-state index contributed by atoms with van der Waals surface area (Å²) in [6, 6.07) is -0.607. The van der Waals surface area contributed by atoms with Gasteiger partial charge in [0.2, 0.25) is 11.0 Å². The Labute approximate surface area is 138 Å². The van der Waals surface area contributed by atoms with Crippen LogP contribution in [0.2, 0.25) is 0 Å². The highest BCUT2D eigenvalue weighted by molar-refractivity contribution is 8.01. The van der Waals surface area contributed by atoms with E-state index in [1.807, 2.05) is 20.8 Å². The largest absolute Gasteiger partial charge is 0.467 e. The summed E-state index contributed by atoms with van der Waals surface area (Å²) in [5.74, 6) is -0.173. The molecule has 0 aliphatic carbocycles. The van der Waals surface area contributed by atoms with E-state index in [1.165, 1.54) is 30.2 Å². The molecule has 1 atom stereocenters. The molecule has 0 saturated carbocycles. The summed E-state index contributed by atoms with van der Waals surface area (Å²) >= 11 is 2.69. The van der Waals surface area contributed by atoms with Crippen LogP contribution in [-0.2, 0) is 14.3 Å². The van der Waals surface area contributed by atoms with Gasteiger partial charge in [-0.15, -0.1) is 10.2 Å². The number of ether oxygens (including phenoxy) is 1. The van der Waals surface area contributed by atoms with Gasteiger partial charge in [0, 0.05) is 6.54 Å². The number of carbonyl (C=O) groups excluding carboxylic acids is 2. The molecule has 0 unspecified atom stereocenters. The van der Waals surface area contributed by atoms with Crippen LogP contribution in [0, 0.1) is 5.92 Å². The maximum absolute atomic E-state index is 12.0. The Morgan fingerprint density at radius 3 is 2.68 bits per heavy atom. The number of amides is 1. The Hall–Kier alpha value is -1.35. The van der Waals surface area contributed by atoms with Gasteiger partial charge in [-0.25, -0.2) is 4.79 Å². The standard InChI is InChI=1S/C13H22N4O3S2/c1-5-14-12-16-17-13(22-12)21-7-10(18)15-9(6-8(2)3)11(19)20-4/h8-9H,5-7H2,1-4H3,(H,14,16)(H,15,18)/t9-/m0/s1. The quantitative estimate of drug-likeness (QED) is 0.520. The lowest BCUT2D eigenvalue weighted by atomic mass is 10.0. The summed E-state index contributed by atoms with van der Waals surface area (Å²) in [6.07, 6.45) is 0.548. The zero-order valence-corrected chi connectivity index (χ0v) is 14.8. The first-order valence-electron chi connectivity index (χ1n) is 7.03. The van der Waals surface area contributed by atoms with Crippen molar-refractivity contribution in [2.75, 3.05) is 24.7 Å². The van der Waals surface area contributed by atoms with Crippen LogP contribution in [0.3, 0.4) is 0 Å². The topological polar surface area (TPSA) is 93.2 Å². The maximum Gasteiger partial charge on any atom is 0.328 e. The Bertz CT molecular complexity index is 493. The van der Waals surface area contributed by atoms with Gasteiger partial charge in [0.05, 0.1) is 12.9 Å². The molecule has 7 nitrogen and oxygen atoms in total. The van der Waals surface area contributed by atoms with Gasteiger partial charge in [0.25, 0.3) is 0 Å². The summed E-state index contributed by atoms with van der Waals surface area (Å²) in [6.45, 7) is 6.72. The van der Waals surface area contributed by atoms with Crippen molar-refractivity contribution >= 4 is 40.1 Å². The molecule has 124 valence electrons. The van der Waals surface area contributed by atoms with E-state index in [1.54, 1.807) is 0 Å². The first kappa shape index (κ1) is 18.7. The third-order valence-electron chi connectivity index (χ3n) is 2.59. The normalized spacial score (nSPS) is 12.0. The van der Waals surface area contributed by atoms with Crippen LogP contribution in [0.15, 0.2) is 4.34 Å². The number of methoxy groups -OCH3 is 1. The van der Waals surface area contributed by atoms with Crippen LogP contribution in [0.5, 0.6) is 0 Å². The minimum Gasteiger partial charge on any atom is -0.467 e. The van der Waals surface area contributed by atoms with E-state index in [4.69, 9.17) is 4.74 Å². The molecular weight excluding hydrogens is 324 g/mol. The number of thioether (sulfide) groups is 1. The van der Waals surface area contributed by atoms with E-state index < -0.39 is 12.0 Å². The molecule has 0 aliphatic rings. The predicted molar refractivity (Wildman–Crippen MR) is 88.2 cm³/mol. The molecule has 0 aliphatic heterocycles. The third kappa shape index (κ3) is 6.61. The maximum atomic E-state index is 12.0. The van der Waals surface area contributed by atoms with Gasteiger partial charge in [-0.05, 0) is 19.3 Å². The van der Waals surface area contributed by atoms with Crippen molar-refractivity contribution in [1.29, 1.82) is 0 Å². The zero-order chi connectivity index (χ0) is 16.5. The molecule has 0 aromatic carbocycles. The molecule has 1 rings (SSSR count). The van der Waals surface area contributed by atoms with Gasteiger partial charge >= 0.3 is 5.97 Å². The third-order valence-corrected chi connectivity index (χ3v) is 4.60. The number of anilines is 1. The molecule has 1 heterocycles. The highest BCUT2D eigenvalue weighted by Crippen LogP contribution is 2.25. The van der Waals surface area contributed by atoms with Gasteiger partial charge < -0.3 is 15.4 Å². The van der Waals surface area contributed by atoms with Crippen molar-refractivity contribution in [1.82, 2.24) is 15.5 Å². The molecule has 2 N–H and O–H groups in total. The van der Waals surface area contributed by atoms with Crippen molar-refractivity contribution in [3.05, 3.63) is 0 Å². The first-order chi connectivity index (χ1) is 10.5. The second-order valence-corrected chi connectivity index (χ2v) is 7.16. The van der Waals surface area contributed by atoms with Crippen LogP contribution < -0.4 is 10.6 Å². The van der Waals surface area contributed by atoms with E-state index in [0.717, 1.165) is 11.7 Å². The van der Waals surface area contributed by atoms with Gasteiger partial charge in [-0.3, -0.25) is 4.79 Å². The molecule has 9 heteroatoms. The number of carbonyl (C=O) groups is 2. The lowest BCUT2D eigenvalue weighted by molar-refractivity contribution is -0.145. The van der Waals surface area contributed by atoms with Crippen LogP contribution in [0.25, 0.3) is 0 Å². The van der Waals surface area contributed by atoms with Crippen LogP contribution >= 0.6 is 23.1 Å². The van der Waals surface area contributed by atoms with E-state index in [2.05, 4.69) is 20.8 Å². The number of nitrogens with one attached hydrogen (secondary N) is 2.